The highest BCUT2D eigenvalue weighted by molar-refractivity contribution is 5.91. The number of carboxylic acid groups (broad SMARTS) is 6. The highest BCUT2D eigenvalue weighted by Gasteiger charge is 2.07. The lowest BCUT2D eigenvalue weighted by Gasteiger charge is -2.16. The summed E-state index contributed by atoms with van der Waals surface area (Å²) >= 11 is 0. The maximum atomic E-state index is 9.87. The molecule has 0 aromatic rings. The van der Waals surface area contributed by atoms with Crippen molar-refractivity contribution < 1.29 is 69.2 Å². The van der Waals surface area contributed by atoms with Crippen molar-refractivity contribution in [1.82, 2.24) is 0 Å². The molecule has 0 aliphatic carbocycles. The summed E-state index contributed by atoms with van der Waals surface area (Å²) in [5.74, 6) is -7.91. The van der Waals surface area contributed by atoms with Gasteiger partial charge < -0.3 is 50.0 Å². The van der Waals surface area contributed by atoms with Gasteiger partial charge in [-0.3, -0.25) is 14.4 Å². The average Bonchev–Trinajstić information content (AvgIpc) is 3.02. The molecule has 0 saturated carbocycles. The van der Waals surface area contributed by atoms with Gasteiger partial charge in [0.15, 0.2) is 0 Å². The number of carbonyl (C=O) groups excluding carboxylic acids is 2. The summed E-state index contributed by atoms with van der Waals surface area (Å²) in [5.41, 5.74) is -1.13. The number of hydrogen-bond donors (Lipinski definition) is 6. The molecule has 14 nitrogen and oxygen atoms in total. The summed E-state index contributed by atoms with van der Waals surface area (Å²) in [5, 5.41) is 51.6. The smallest absolute Gasteiger partial charge is 0.331 e. The Bertz CT molecular complexity index is 1020. The first-order valence-electron chi connectivity index (χ1n) is 16.3. The van der Waals surface area contributed by atoms with Crippen molar-refractivity contribution in [2.75, 3.05) is 39.3 Å². The molecule has 0 aliphatic rings. The van der Waals surface area contributed by atoms with E-state index in [1.807, 2.05) is 24.3 Å². The second-order valence-electron chi connectivity index (χ2n) is 11.2. The molecule has 0 spiro atoms. The van der Waals surface area contributed by atoms with E-state index in [9.17, 15) is 39.0 Å². The summed E-state index contributed by atoms with van der Waals surface area (Å²) in [6.07, 6.45) is 17.4. The van der Waals surface area contributed by atoms with E-state index in [1.165, 1.54) is 64.5 Å². The van der Waals surface area contributed by atoms with E-state index in [1.54, 1.807) is 9.80 Å². The van der Waals surface area contributed by atoms with Gasteiger partial charge in [-0.15, -0.1) is 0 Å². The third kappa shape index (κ3) is 42.9. The molecule has 51 heavy (non-hydrogen) atoms. The molecule has 0 bridgehead atoms. The van der Waals surface area contributed by atoms with Gasteiger partial charge in [-0.05, 0) is 61.1 Å². The molecular weight excluding hydrogens is 664 g/mol. The van der Waals surface area contributed by atoms with E-state index < -0.39 is 66.2 Å². The van der Waals surface area contributed by atoms with E-state index in [0.717, 1.165) is 26.2 Å². The van der Waals surface area contributed by atoms with Gasteiger partial charge in [0.05, 0.1) is 70.5 Å². The van der Waals surface area contributed by atoms with Crippen molar-refractivity contribution in [3.63, 3.8) is 0 Å². The first kappa shape index (κ1) is 52.7. The minimum absolute atomic E-state index is 0.303. The van der Waals surface area contributed by atoms with E-state index >= 15 is 0 Å². The molecule has 0 rings (SSSR count). The topological polar surface area (TPSA) is 238 Å². The zero-order chi connectivity index (χ0) is 40.2. The average molecular weight is 723 g/mol. The molecule has 0 unspecified atom stereocenters. The Hall–Kier alpha value is -5.08. The lowest BCUT2D eigenvalue weighted by Crippen LogP contribution is -3.11. The number of nitrogens with one attached hydrogen (secondary N) is 2. The van der Waals surface area contributed by atoms with Gasteiger partial charge in [0.1, 0.15) is 0 Å². The highest BCUT2D eigenvalue weighted by Crippen LogP contribution is 2.07. The van der Waals surface area contributed by atoms with Crippen molar-refractivity contribution in [1.29, 1.82) is 0 Å². The van der Waals surface area contributed by atoms with Gasteiger partial charge in [-0.25, -0.2) is 4.79 Å². The second-order valence-corrected chi connectivity index (χ2v) is 11.2. The third-order valence-corrected chi connectivity index (χ3v) is 6.52. The normalized spacial score (nSPS) is 9.61. The van der Waals surface area contributed by atoms with Crippen molar-refractivity contribution >= 4 is 35.8 Å². The summed E-state index contributed by atoms with van der Waals surface area (Å²) in [7, 11) is 0. The van der Waals surface area contributed by atoms with Gasteiger partial charge >= 0.3 is 23.9 Å². The van der Waals surface area contributed by atoms with Crippen LogP contribution < -0.4 is 20.0 Å². The van der Waals surface area contributed by atoms with Gasteiger partial charge in [0.25, 0.3) is 0 Å². The number of hydrogen-bond acceptors (Lipinski definition) is 8. The van der Waals surface area contributed by atoms with Crippen LogP contribution in [0.5, 0.6) is 0 Å². The van der Waals surface area contributed by atoms with Crippen LogP contribution in [0.15, 0.2) is 87.1 Å². The number of carboxylic acids is 6. The Morgan fingerprint density at radius 3 is 0.843 bits per heavy atom. The monoisotopic (exact) mass is 722 g/mol. The summed E-state index contributed by atoms with van der Waals surface area (Å²) in [4.78, 5) is 61.9. The second kappa shape index (κ2) is 36.2. The van der Waals surface area contributed by atoms with Crippen LogP contribution in [0.4, 0.5) is 0 Å². The zero-order valence-corrected chi connectivity index (χ0v) is 29.8. The van der Waals surface area contributed by atoms with Gasteiger partial charge in [0, 0.05) is 5.57 Å². The Balaban J connectivity index is -0.000000334. The fourth-order valence-electron chi connectivity index (χ4n) is 3.97. The summed E-state index contributed by atoms with van der Waals surface area (Å²) in [6, 6.07) is 0. The number of carbonyl (C=O) groups is 6. The SMILES string of the molecule is C=C(CC(=O)O)C(=O)O.C=C(CC(=O)O)C(=O)[O-].C=C(CC(=O)O)C(=O)[O-].C=CC[NH+](CC=C)CCCCCCCCCC[NH+](CC=C)CC=C. The number of aliphatic carboxylic acids is 6. The quantitative estimate of drug-likeness (QED) is 0.0362. The van der Waals surface area contributed by atoms with Gasteiger partial charge in [-0.1, -0.05) is 71.7 Å². The van der Waals surface area contributed by atoms with Crippen LogP contribution in [0.3, 0.4) is 0 Å². The molecule has 0 aromatic carbocycles. The standard InChI is InChI=1S/C22H40N2.3C5H6O4/c1-5-17-23(18-6-2)21-15-13-11-9-10-12-14-16-22-24(19-7-3)20-8-4;3*1-3(5(8)9)2-4(6)7/h5-8H,1-4,9-22H2;3*1-2H2,(H,6,7)(H,8,9). The molecule has 0 saturated heterocycles. The van der Waals surface area contributed by atoms with E-state index in [-0.39, 0.29) is 5.57 Å². The van der Waals surface area contributed by atoms with Crippen LogP contribution in [-0.4, -0.2) is 95.5 Å². The molecule has 0 aliphatic heterocycles. The van der Waals surface area contributed by atoms with Crippen LogP contribution in [0.2, 0.25) is 0 Å². The van der Waals surface area contributed by atoms with Crippen molar-refractivity contribution in [3.8, 4) is 0 Å². The first-order valence-corrected chi connectivity index (χ1v) is 16.3. The Morgan fingerprint density at radius 1 is 0.451 bits per heavy atom. The molecular formula is C37H58N2O12. The molecule has 0 radical (unpaired) electrons. The summed E-state index contributed by atoms with van der Waals surface area (Å²) < 4.78 is 0. The van der Waals surface area contributed by atoms with E-state index in [2.05, 4.69) is 46.1 Å². The lowest BCUT2D eigenvalue weighted by atomic mass is 10.1. The Morgan fingerprint density at radius 2 is 0.686 bits per heavy atom. The van der Waals surface area contributed by atoms with Crippen LogP contribution in [0.25, 0.3) is 0 Å². The lowest BCUT2D eigenvalue weighted by molar-refractivity contribution is -0.888. The predicted molar refractivity (Wildman–Crippen MR) is 191 cm³/mol. The molecule has 14 heteroatoms. The highest BCUT2D eigenvalue weighted by atomic mass is 16.4. The molecule has 0 aromatic heterocycles. The predicted octanol–water partition coefficient (Wildman–Crippen LogP) is 0.257. The molecule has 0 fully saturated rings. The van der Waals surface area contributed by atoms with Crippen LogP contribution in [0, 0.1) is 0 Å². The fraction of sp³-hybridized carbons (Fsp3) is 0.459. The van der Waals surface area contributed by atoms with E-state index in [0.29, 0.717) is 0 Å². The maximum Gasteiger partial charge on any atom is 0.331 e. The fourth-order valence-corrected chi connectivity index (χ4v) is 3.97. The number of rotatable bonds is 28. The third-order valence-electron chi connectivity index (χ3n) is 6.52. The molecule has 288 valence electrons. The zero-order valence-electron chi connectivity index (χ0n) is 29.8. The van der Waals surface area contributed by atoms with Crippen molar-refractivity contribution in [2.24, 2.45) is 0 Å². The van der Waals surface area contributed by atoms with Crippen LogP contribution in [0.1, 0.15) is 70.6 Å². The largest absolute Gasteiger partial charge is 0.545 e. The van der Waals surface area contributed by atoms with E-state index in [4.69, 9.17) is 20.4 Å². The molecule has 0 heterocycles. The minimum atomic E-state index is -1.52. The molecule has 6 N–H and O–H groups in total. The summed E-state index contributed by atoms with van der Waals surface area (Å²) in [6.45, 7) is 31.0. The van der Waals surface area contributed by atoms with Gasteiger partial charge in [0.2, 0.25) is 0 Å². The van der Waals surface area contributed by atoms with Gasteiger partial charge in [-0.2, -0.15) is 0 Å². The van der Waals surface area contributed by atoms with Crippen LogP contribution in [-0.2, 0) is 28.8 Å². The Kier molecular flexibility index (Phi) is 37.4. The minimum Gasteiger partial charge on any atom is -0.545 e. The van der Waals surface area contributed by atoms with Crippen LogP contribution >= 0.6 is 0 Å². The number of unbranched alkanes of at least 4 members (excludes halogenated alkanes) is 7. The Labute approximate surface area is 301 Å². The number of quaternary nitrogens is 2. The molecule has 0 amide bonds. The first-order chi connectivity index (χ1) is 23.9. The van der Waals surface area contributed by atoms with Crippen molar-refractivity contribution in [3.05, 3.63) is 87.1 Å². The van der Waals surface area contributed by atoms with Crippen molar-refractivity contribution in [2.45, 2.75) is 70.6 Å². The maximum absolute atomic E-state index is 9.87. The molecule has 0 atom stereocenters.